The number of thiazole rings is 1. The molecule has 8 heteroatoms. The van der Waals surface area contributed by atoms with Gasteiger partial charge in [0, 0.05) is 23.1 Å². The molecule has 30 heavy (non-hydrogen) atoms. The number of hydrogen-bond donors (Lipinski definition) is 1. The number of nitrogens with zero attached hydrogens (tertiary/aromatic N) is 1. The molecule has 1 heterocycles. The van der Waals surface area contributed by atoms with Gasteiger partial charge in [0.05, 0.1) is 4.90 Å². The fraction of sp³-hybridized carbons (Fsp3) is 0.0455. The summed E-state index contributed by atoms with van der Waals surface area (Å²) in [6, 6.07) is 21.3. The lowest BCUT2D eigenvalue weighted by Gasteiger charge is -2.09. The molecule has 0 saturated carbocycles. The van der Waals surface area contributed by atoms with Gasteiger partial charge in [-0.05, 0) is 53.1 Å². The Hall–Kier alpha value is -2.71. The number of halogens is 1. The molecule has 0 unspecified atom stereocenters. The molecule has 4 rings (SSSR count). The molecule has 0 aliphatic carbocycles. The Kier molecular flexibility index (Phi) is 6.15. The van der Waals surface area contributed by atoms with E-state index in [1.807, 2.05) is 35.7 Å². The van der Waals surface area contributed by atoms with Gasteiger partial charge in [0.15, 0.2) is 0 Å². The van der Waals surface area contributed by atoms with Crippen LogP contribution in [0.4, 0.5) is 0 Å². The topological polar surface area (TPSA) is 68.3 Å². The van der Waals surface area contributed by atoms with Crippen molar-refractivity contribution in [1.82, 2.24) is 9.71 Å². The minimum absolute atomic E-state index is 0.176. The number of sulfonamides is 1. The van der Waals surface area contributed by atoms with Crippen molar-refractivity contribution in [3.63, 3.8) is 0 Å². The van der Waals surface area contributed by atoms with Crippen molar-refractivity contribution in [3.05, 3.63) is 95.0 Å². The van der Waals surface area contributed by atoms with Crippen LogP contribution in [0.3, 0.4) is 0 Å². The summed E-state index contributed by atoms with van der Waals surface area (Å²) in [4.78, 5) is 4.27. The zero-order chi connectivity index (χ0) is 21.0. The van der Waals surface area contributed by atoms with Gasteiger partial charge in [-0.3, -0.25) is 0 Å². The van der Waals surface area contributed by atoms with E-state index in [-0.39, 0.29) is 11.4 Å². The Balaban J connectivity index is 1.40. The lowest BCUT2D eigenvalue weighted by molar-refractivity contribution is 0.478. The van der Waals surface area contributed by atoms with Crippen LogP contribution in [-0.2, 0) is 16.6 Å². The third kappa shape index (κ3) is 5.06. The maximum Gasteiger partial charge on any atom is 0.278 e. The summed E-state index contributed by atoms with van der Waals surface area (Å²) in [5, 5.41) is 3.03. The monoisotopic (exact) mass is 456 g/mol. The van der Waals surface area contributed by atoms with E-state index in [0.29, 0.717) is 16.0 Å². The third-order valence-electron chi connectivity index (χ3n) is 4.33. The van der Waals surface area contributed by atoms with Crippen molar-refractivity contribution in [2.24, 2.45) is 0 Å². The first-order valence-corrected chi connectivity index (χ1v) is 11.8. The molecule has 0 bridgehead atoms. The van der Waals surface area contributed by atoms with E-state index in [2.05, 4.69) is 9.71 Å². The average molecular weight is 457 g/mol. The highest BCUT2D eigenvalue weighted by molar-refractivity contribution is 7.89. The van der Waals surface area contributed by atoms with E-state index in [4.69, 9.17) is 16.3 Å². The van der Waals surface area contributed by atoms with Crippen LogP contribution in [0.2, 0.25) is 5.02 Å². The zero-order valence-corrected chi connectivity index (χ0v) is 18.0. The standard InChI is InChI=1S/C22H17ClN2O3S2/c23-19-3-1-2-18(14-19)17-6-10-21(11-7-17)30(26,27)25-15-16-4-8-20(9-5-16)28-22-24-12-13-29-22/h1-14,25H,15H2. The second-order valence-electron chi connectivity index (χ2n) is 6.40. The van der Waals surface area contributed by atoms with E-state index in [1.165, 1.54) is 11.3 Å². The number of nitrogens with one attached hydrogen (secondary N) is 1. The second-order valence-corrected chi connectivity index (χ2v) is 9.46. The van der Waals surface area contributed by atoms with E-state index < -0.39 is 10.0 Å². The molecule has 4 aromatic rings. The van der Waals surface area contributed by atoms with Crippen LogP contribution in [0.1, 0.15) is 5.56 Å². The number of hydrogen-bond acceptors (Lipinski definition) is 5. The summed E-state index contributed by atoms with van der Waals surface area (Å²) < 4.78 is 33.5. The van der Waals surface area contributed by atoms with Gasteiger partial charge in [-0.2, -0.15) is 0 Å². The SMILES string of the molecule is O=S(=O)(NCc1ccc(Oc2nccs2)cc1)c1ccc(-c2cccc(Cl)c2)cc1. The molecule has 0 radical (unpaired) electrons. The molecule has 0 aliphatic rings. The molecule has 3 aromatic carbocycles. The van der Waals surface area contributed by atoms with E-state index in [1.54, 1.807) is 48.7 Å². The van der Waals surface area contributed by atoms with E-state index >= 15 is 0 Å². The molecule has 0 spiro atoms. The maximum absolute atomic E-state index is 12.6. The summed E-state index contributed by atoms with van der Waals surface area (Å²) in [7, 11) is -3.63. The van der Waals surface area contributed by atoms with Gasteiger partial charge in [-0.15, -0.1) is 0 Å². The number of aromatic nitrogens is 1. The van der Waals surface area contributed by atoms with Crippen LogP contribution in [0.15, 0.2) is 89.3 Å². The molecule has 0 fully saturated rings. The zero-order valence-electron chi connectivity index (χ0n) is 15.7. The van der Waals surface area contributed by atoms with Crippen LogP contribution in [0, 0.1) is 0 Å². The van der Waals surface area contributed by atoms with Crippen LogP contribution in [0.25, 0.3) is 11.1 Å². The molecular formula is C22H17ClN2O3S2. The predicted molar refractivity (Wildman–Crippen MR) is 120 cm³/mol. The third-order valence-corrected chi connectivity index (χ3v) is 6.63. The Bertz CT molecular complexity index is 1220. The first kappa shape index (κ1) is 20.6. The van der Waals surface area contributed by atoms with Crippen LogP contribution < -0.4 is 9.46 Å². The van der Waals surface area contributed by atoms with Crippen molar-refractivity contribution in [3.8, 4) is 22.1 Å². The molecule has 5 nitrogen and oxygen atoms in total. The normalized spacial score (nSPS) is 11.4. The van der Waals surface area contributed by atoms with E-state index in [9.17, 15) is 8.42 Å². The lowest BCUT2D eigenvalue weighted by Crippen LogP contribution is -2.23. The smallest absolute Gasteiger partial charge is 0.278 e. The summed E-state index contributed by atoms with van der Waals surface area (Å²) in [5.74, 6) is 0.646. The lowest BCUT2D eigenvalue weighted by atomic mass is 10.1. The molecular weight excluding hydrogens is 440 g/mol. The van der Waals surface area contributed by atoms with E-state index in [0.717, 1.165) is 16.7 Å². The van der Waals surface area contributed by atoms with Crippen LogP contribution >= 0.6 is 22.9 Å². The molecule has 0 amide bonds. The van der Waals surface area contributed by atoms with Crippen LogP contribution in [0.5, 0.6) is 10.9 Å². The molecule has 0 saturated heterocycles. The Morgan fingerprint density at radius 1 is 0.967 bits per heavy atom. The molecule has 0 atom stereocenters. The minimum atomic E-state index is -3.63. The molecule has 0 aliphatic heterocycles. The Labute approximate surface area is 184 Å². The minimum Gasteiger partial charge on any atom is -0.431 e. The van der Waals surface area contributed by atoms with Gasteiger partial charge in [0.2, 0.25) is 10.0 Å². The van der Waals surface area contributed by atoms with Gasteiger partial charge in [0.25, 0.3) is 5.19 Å². The van der Waals surface area contributed by atoms with Gasteiger partial charge >= 0.3 is 0 Å². The van der Waals surface area contributed by atoms with Gasteiger partial charge < -0.3 is 4.74 Å². The van der Waals surface area contributed by atoms with Gasteiger partial charge in [-0.1, -0.05) is 59.3 Å². The number of ether oxygens (including phenoxy) is 1. The fourth-order valence-corrected chi connectivity index (χ4v) is 4.51. The summed E-state index contributed by atoms with van der Waals surface area (Å²) in [6.07, 6.45) is 1.67. The van der Waals surface area contributed by atoms with Crippen molar-refractivity contribution < 1.29 is 13.2 Å². The highest BCUT2D eigenvalue weighted by atomic mass is 35.5. The van der Waals surface area contributed by atoms with Gasteiger partial charge in [-0.25, -0.2) is 18.1 Å². The number of rotatable bonds is 7. The Morgan fingerprint density at radius 3 is 2.40 bits per heavy atom. The first-order chi connectivity index (χ1) is 14.5. The Morgan fingerprint density at radius 2 is 1.73 bits per heavy atom. The van der Waals surface area contributed by atoms with Crippen molar-refractivity contribution in [2.45, 2.75) is 11.4 Å². The first-order valence-electron chi connectivity index (χ1n) is 9.01. The van der Waals surface area contributed by atoms with Crippen molar-refractivity contribution in [2.75, 3.05) is 0 Å². The van der Waals surface area contributed by atoms with Crippen LogP contribution in [-0.4, -0.2) is 13.4 Å². The predicted octanol–water partition coefficient (Wildman–Crippen LogP) is 5.73. The summed E-state index contributed by atoms with van der Waals surface area (Å²) in [5.41, 5.74) is 2.65. The highest BCUT2D eigenvalue weighted by Crippen LogP contribution is 2.25. The summed E-state index contributed by atoms with van der Waals surface area (Å²) in [6.45, 7) is 0.176. The second kappa shape index (κ2) is 8.97. The number of benzene rings is 3. The molecule has 1 aromatic heterocycles. The average Bonchev–Trinajstić information content (AvgIpc) is 3.26. The summed E-state index contributed by atoms with van der Waals surface area (Å²) >= 11 is 7.43. The van der Waals surface area contributed by atoms with Gasteiger partial charge in [0.1, 0.15) is 5.75 Å². The highest BCUT2D eigenvalue weighted by Gasteiger charge is 2.14. The quantitative estimate of drug-likeness (QED) is 0.385. The molecule has 152 valence electrons. The van der Waals surface area contributed by atoms with Crippen molar-refractivity contribution >= 4 is 33.0 Å². The van der Waals surface area contributed by atoms with Crippen molar-refractivity contribution in [1.29, 1.82) is 0 Å². The maximum atomic E-state index is 12.6. The largest absolute Gasteiger partial charge is 0.431 e. The fourth-order valence-electron chi connectivity index (χ4n) is 2.79. The molecule has 1 N–H and O–H groups in total.